The molecule has 7 nitrogen and oxygen atoms in total. The number of halogens is 2. The van der Waals surface area contributed by atoms with Gasteiger partial charge in [0.25, 0.3) is 0 Å². The van der Waals surface area contributed by atoms with Crippen LogP contribution in [0.3, 0.4) is 0 Å². The van der Waals surface area contributed by atoms with Crippen LogP contribution in [0, 0.1) is 12.7 Å². The molecule has 0 saturated carbocycles. The Morgan fingerprint density at radius 3 is 2.63 bits per heavy atom. The van der Waals surface area contributed by atoms with Gasteiger partial charge in [0, 0.05) is 17.3 Å². The van der Waals surface area contributed by atoms with E-state index in [2.05, 4.69) is 25.9 Å². The highest BCUT2D eigenvalue weighted by molar-refractivity contribution is 6.31. The van der Waals surface area contributed by atoms with E-state index in [1.165, 1.54) is 6.92 Å². The number of amides is 2. The minimum absolute atomic E-state index is 0.0188. The molecule has 9 heteroatoms. The molecule has 3 rings (SSSR count). The van der Waals surface area contributed by atoms with Crippen molar-refractivity contribution in [2.24, 2.45) is 0 Å². The molecule has 1 heterocycles. The van der Waals surface area contributed by atoms with E-state index in [-0.39, 0.29) is 17.5 Å². The number of rotatable bonds is 7. The zero-order valence-corrected chi connectivity index (χ0v) is 17.8. The Morgan fingerprint density at radius 2 is 1.87 bits per heavy atom. The Labute approximate surface area is 179 Å². The number of nitrogens with one attached hydrogen (secondary N) is 3. The van der Waals surface area contributed by atoms with Gasteiger partial charge in [0.1, 0.15) is 0 Å². The lowest BCUT2D eigenvalue weighted by atomic mass is 10.1. The molecule has 3 N–H and O–H groups in total. The van der Waals surface area contributed by atoms with Crippen molar-refractivity contribution < 1.29 is 9.18 Å². The predicted octanol–water partition coefficient (Wildman–Crippen LogP) is 4.74. The number of carbonyl (C=O) groups excluding carboxylic acids is 1. The number of benzene rings is 2. The second kappa shape index (κ2) is 9.69. The van der Waals surface area contributed by atoms with Crippen molar-refractivity contribution in [3.05, 3.63) is 52.9 Å². The van der Waals surface area contributed by atoms with Gasteiger partial charge in [-0.3, -0.25) is 5.32 Å². The van der Waals surface area contributed by atoms with Crippen LogP contribution in [0.4, 0.5) is 26.6 Å². The molecule has 2 amide bonds. The molecule has 0 unspecified atom stereocenters. The third-order valence-corrected chi connectivity index (χ3v) is 4.61. The first-order valence-electron chi connectivity index (χ1n) is 9.52. The van der Waals surface area contributed by atoms with Crippen LogP contribution in [0.2, 0.25) is 5.02 Å². The number of anilines is 3. The fourth-order valence-corrected chi connectivity index (χ4v) is 3.07. The lowest BCUT2D eigenvalue weighted by Gasteiger charge is -2.13. The summed E-state index contributed by atoms with van der Waals surface area (Å²) in [5.41, 5.74) is 0.735. The lowest BCUT2D eigenvalue weighted by Crippen LogP contribution is -2.22. The maximum atomic E-state index is 14.3. The summed E-state index contributed by atoms with van der Waals surface area (Å²) >= 11 is 6.03. The Balaban J connectivity index is 1.67. The van der Waals surface area contributed by atoms with Crippen LogP contribution in [0.25, 0.3) is 10.8 Å². The SMILES string of the molecule is Cc1nc(NC(=O)Nc2ccc3ccc(Cl)cc3c2)nc(NCCCN(C)C)c1F. The first kappa shape index (κ1) is 21.7. The summed E-state index contributed by atoms with van der Waals surface area (Å²) in [6, 6.07) is 10.5. The smallest absolute Gasteiger partial charge is 0.326 e. The molecule has 0 fully saturated rings. The van der Waals surface area contributed by atoms with Gasteiger partial charge in [-0.05, 0) is 69.0 Å². The average Bonchev–Trinajstić information content (AvgIpc) is 2.68. The maximum absolute atomic E-state index is 14.3. The normalized spacial score (nSPS) is 11.0. The molecular formula is C21H24ClFN6O. The van der Waals surface area contributed by atoms with Crippen molar-refractivity contribution in [3.8, 4) is 0 Å². The first-order valence-corrected chi connectivity index (χ1v) is 9.89. The van der Waals surface area contributed by atoms with Crippen LogP contribution < -0.4 is 16.0 Å². The number of carbonyl (C=O) groups is 1. The molecule has 0 aliphatic carbocycles. The third-order valence-electron chi connectivity index (χ3n) is 4.38. The number of hydrogen-bond acceptors (Lipinski definition) is 5. The molecule has 0 aliphatic rings. The van der Waals surface area contributed by atoms with E-state index in [9.17, 15) is 9.18 Å². The molecule has 0 bridgehead atoms. The number of fused-ring (bicyclic) bond motifs is 1. The highest BCUT2D eigenvalue weighted by Crippen LogP contribution is 2.23. The van der Waals surface area contributed by atoms with Crippen LogP contribution in [0.1, 0.15) is 12.1 Å². The molecule has 0 saturated heterocycles. The minimum Gasteiger partial charge on any atom is -0.367 e. The Bertz CT molecular complexity index is 1060. The van der Waals surface area contributed by atoms with Crippen molar-refractivity contribution >= 4 is 45.9 Å². The largest absolute Gasteiger partial charge is 0.367 e. The van der Waals surface area contributed by atoms with Gasteiger partial charge in [-0.15, -0.1) is 0 Å². The number of urea groups is 1. The second-order valence-corrected chi connectivity index (χ2v) is 7.60. The van der Waals surface area contributed by atoms with Crippen molar-refractivity contribution in [1.82, 2.24) is 14.9 Å². The van der Waals surface area contributed by atoms with E-state index < -0.39 is 11.8 Å². The van der Waals surface area contributed by atoms with Crippen LogP contribution in [-0.2, 0) is 0 Å². The van der Waals surface area contributed by atoms with Crippen LogP contribution in [0.5, 0.6) is 0 Å². The van der Waals surface area contributed by atoms with E-state index in [0.717, 1.165) is 23.7 Å². The number of aromatic nitrogens is 2. The summed E-state index contributed by atoms with van der Waals surface area (Å²) in [5, 5.41) is 10.8. The van der Waals surface area contributed by atoms with Crippen molar-refractivity contribution in [3.63, 3.8) is 0 Å². The van der Waals surface area contributed by atoms with Crippen LogP contribution in [0.15, 0.2) is 36.4 Å². The Kier molecular flexibility index (Phi) is 7.02. The van der Waals surface area contributed by atoms with Crippen LogP contribution >= 0.6 is 11.6 Å². The summed E-state index contributed by atoms with van der Waals surface area (Å²) in [5.74, 6) is -0.445. The molecular weight excluding hydrogens is 407 g/mol. The summed E-state index contributed by atoms with van der Waals surface area (Å²) in [6.07, 6.45) is 0.824. The van der Waals surface area contributed by atoms with Gasteiger partial charge in [-0.2, -0.15) is 4.98 Å². The molecule has 1 aromatic heterocycles. The summed E-state index contributed by atoms with van der Waals surface area (Å²) in [7, 11) is 3.94. The molecule has 0 aliphatic heterocycles. The monoisotopic (exact) mass is 430 g/mol. The summed E-state index contributed by atoms with van der Waals surface area (Å²) < 4.78 is 14.3. The minimum atomic E-state index is -0.530. The Morgan fingerprint density at radius 1 is 1.10 bits per heavy atom. The van der Waals surface area contributed by atoms with E-state index in [4.69, 9.17) is 11.6 Å². The molecule has 3 aromatic rings. The number of hydrogen-bond donors (Lipinski definition) is 3. The summed E-state index contributed by atoms with van der Waals surface area (Å²) in [6.45, 7) is 2.94. The zero-order chi connectivity index (χ0) is 21.7. The molecule has 0 atom stereocenters. The number of nitrogens with zero attached hydrogens (tertiary/aromatic N) is 3. The van der Waals surface area contributed by atoms with Crippen molar-refractivity contribution in [2.45, 2.75) is 13.3 Å². The molecule has 158 valence electrons. The zero-order valence-electron chi connectivity index (χ0n) is 17.1. The van der Waals surface area contributed by atoms with Gasteiger partial charge in [0.15, 0.2) is 11.6 Å². The highest BCUT2D eigenvalue weighted by atomic mass is 35.5. The van der Waals surface area contributed by atoms with Gasteiger partial charge < -0.3 is 15.5 Å². The van der Waals surface area contributed by atoms with Gasteiger partial charge in [-0.25, -0.2) is 14.2 Å². The predicted molar refractivity (Wildman–Crippen MR) is 120 cm³/mol. The van der Waals surface area contributed by atoms with Crippen LogP contribution in [-0.4, -0.2) is 48.1 Å². The van der Waals surface area contributed by atoms with E-state index in [1.54, 1.807) is 6.07 Å². The molecule has 2 aromatic carbocycles. The second-order valence-electron chi connectivity index (χ2n) is 7.16. The van der Waals surface area contributed by atoms with Gasteiger partial charge in [0.2, 0.25) is 5.95 Å². The van der Waals surface area contributed by atoms with E-state index >= 15 is 0 Å². The summed E-state index contributed by atoms with van der Waals surface area (Å²) in [4.78, 5) is 22.5. The highest BCUT2D eigenvalue weighted by Gasteiger charge is 2.13. The lowest BCUT2D eigenvalue weighted by molar-refractivity contribution is 0.262. The first-order chi connectivity index (χ1) is 14.3. The average molecular weight is 431 g/mol. The fourth-order valence-electron chi connectivity index (χ4n) is 2.89. The fraction of sp³-hybridized carbons (Fsp3) is 0.286. The Hall–Kier alpha value is -2.97. The van der Waals surface area contributed by atoms with Gasteiger partial charge in [-0.1, -0.05) is 23.7 Å². The van der Waals surface area contributed by atoms with Gasteiger partial charge in [0.05, 0.1) is 5.69 Å². The third kappa shape index (κ3) is 5.77. The topological polar surface area (TPSA) is 82.2 Å². The van der Waals surface area contributed by atoms with Crippen molar-refractivity contribution in [1.29, 1.82) is 0 Å². The standard InChI is InChI=1S/C21H24ClFN6O/c1-13-18(23)19(24-9-4-10-29(2)3)27-20(25-13)28-21(30)26-17-8-6-14-5-7-16(22)11-15(14)12-17/h5-8,11-12H,4,9-10H2,1-3H3,(H3,24,25,26,27,28,30). The molecule has 0 spiro atoms. The van der Waals surface area contributed by atoms with E-state index in [1.807, 2.05) is 49.3 Å². The van der Waals surface area contributed by atoms with Crippen molar-refractivity contribution in [2.75, 3.05) is 43.1 Å². The maximum Gasteiger partial charge on any atom is 0.326 e. The quantitative estimate of drug-likeness (QED) is 0.472. The molecule has 30 heavy (non-hydrogen) atoms. The van der Waals surface area contributed by atoms with E-state index in [0.29, 0.717) is 17.3 Å². The molecule has 0 radical (unpaired) electrons. The number of aryl methyl sites for hydroxylation is 1. The van der Waals surface area contributed by atoms with Gasteiger partial charge >= 0.3 is 6.03 Å².